The maximum atomic E-state index is 12.8. The van der Waals surface area contributed by atoms with E-state index in [-0.39, 0.29) is 11.8 Å². The van der Waals surface area contributed by atoms with Crippen LogP contribution in [-0.4, -0.2) is 59.2 Å². The lowest BCUT2D eigenvalue weighted by molar-refractivity contribution is -0.128. The van der Waals surface area contributed by atoms with Crippen molar-refractivity contribution in [1.29, 1.82) is 0 Å². The highest BCUT2D eigenvalue weighted by molar-refractivity contribution is 6.30. The van der Waals surface area contributed by atoms with Gasteiger partial charge in [0.25, 0.3) is 5.91 Å². The number of benzene rings is 2. The topological polar surface area (TPSA) is 43.9 Å². The fraction of sp³-hybridized carbons (Fsp3) is 0.391. The van der Waals surface area contributed by atoms with Crippen LogP contribution in [0.4, 0.5) is 0 Å². The van der Waals surface area contributed by atoms with E-state index in [2.05, 4.69) is 11.0 Å². The van der Waals surface area contributed by atoms with Crippen molar-refractivity contribution in [3.8, 4) is 0 Å². The van der Waals surface area contributed by atoms with Crippen molar-refractivity contribution < 1.29 is 9.59 Å². The SMILES string of the molecule is O=C1CCCN1Cc1ccc(C(=O)N2CCN(Cc3cccc(Cl)c3)CC2)cc1. The summed E-state index contributed by atoms with van der Waals surface area (Å²) in [7, 11) is 0. The fourth-order valence-corrected chi connectivity index (χ4v) is 4.24. The lowest BCUT2D eigenvalue weighted by atomic mass is 10.1. The molecule has 0 aliphatic carbocycles. The van der Waals surface area contributed by atoms with E-state index >= 15 is 0 Å². The van der Waals surface area contributed by atoms with Crippen molar-refractivity contribution in [2.45, 2.75) is 25.9 Å². The summed E-state index contributed by atoms with van der Waals surface area (Å²) >= 11 is 6.07. The Bertz CT molecular complexity index is 876. The smallest absolute Gasteiger partial charge is 0.253 e. The number of likely N-dealkylation sites (tertiary alicyclic amines) is 1. The molecule has 29 heavy (non-hydrogen) atoms. The van der Waals surface area contributed by atoms with Crippen LogP contribution in [0.3, 0.4) is 0 Å². The average Bonchev–Trinajstić information content (AvgIpc) is 3.13. The molecule has 2 heterocycles. The molecule has 2 amide bonds. The molecule has 152 valence electrons. The number of piperazine rings is 1. The minimum atomic E-state index is 0.0798. The lowest BCUT2D eigenvalue weighted by Gasteiger charge is -2.34. The molecule has 2 fully saturated rings. The van der Waals surface area contributed by atoms with Gasteiger partial charge < -0.3 is 9.80 Å². The highest BCUT2D eigenvalue weighted by atomic mass is 35.5. The molecule has 0 saturated carbocycles. The van der Waals surface area contributed by atoms with Crippen LogP contribution in [0.1, 0.15) is 34.3 Å². The molecule has 5 nitrogen and oxygen atoms in total. The second-order valence-electron chi connectivity index (χ2n) is 7.81. The Balaban J connectivity index is 1.29. The first-order valence-corrected chi connectivity index (χ1v) is 10.6. The number of hydrogen-bond donors (Lipinski definition) is 0. The summed E-state index contributed by atoms with van der Waals surface area (Å²) in [6.07, 6.45) is 1.60. The van der Waals surface area contributed by atoms with E-state index in [0.717, 1.165) is 56.3 Å². The van der Waals surface area contributed by atoms with Crippen molar-refractivity contribution in [3.63, 3.8) is 0 Å². The third-order valence-electron chi connectivity index (χ3n) is 5.70. The van der Waals surface area contributed by atoms with Gasteiger partial charge in [-0.25, -0.2) is 0 Å². The summed E-state index contributed by atoms with van der Waals surface area (Å²) in [5.41, 5.74) is 2.98. The zero-order valence-corrected chi connectivity index (χ0v) is 17.3. The van der Waals surface area contributed by atoms with E-state index in [1.807, 2.05) is 52.3 Å². The van der Waals surface area contributed by atoms with Gasteiger partial charge in [-0.2, -0.15) is 0 Å². The second-order valence-corrected chi connectivity index (χ2v) is 8.25. The van der Waals surface area contributed by atoms with Gasteiger partial charge in [0.2, 0.25) is 5.91 Å². The maximum Gasteiger partial charge on any atom is 0.253 e. The van der Waals surface area contributed by atoms with Gasteiger partial charge in [-0.05, 0) is 41.8 Å². The first-order valence-electron chi connectivity index (χ1n) is 10.2. The van der Waals surface area contributed by atoms with Gasteiger partial charge in [-0.3, -0.25) is 14.5 Å². The highest BCUT2D eigenvalue weighted by Crippen LogP contribution is 2.17. The summed E-state index contributed by atoms with van der Waals surface area (Å²) in [5.74, 6) is 0.303. The van der Waals surface area contributed by atoms with Gasteiger partial charge in [0, 0.05) is 62.8 Å². The number of halogens is 1. The summed E-state index contributed by atoms with van der Waals surface area (Å²) in [5, 5.41) is 0.758. The summed E-state index contributed by atoms with van der Waals surface area (Å²) in [4.78, 5) is 30.8. The van der Waals surface area contributed by atoms with E-state index in [4.69, 9.17) is 11.6 Å². The molecule has 0 atom stereocenters. The van der Waals surface area contributed by atoms with E-state index < -0.39 is 0 Å². The quantitative estimate of drug-likeness (QED) is 0.757. The number of carbonyl (C=O) groups is 2. The standard InChI is InChI=1S/C23H26ClN3O2/c24-21-4-1-3-19(15-21)16-25-11-13-26(14-12-25)23(29)20-8-6-18(7-9-20)17-27-10-2-5-22(27)28/h1,3-4,6-9,15H,2,5,10-14,16-17H2. The van der Waals surface area contributed by atoms with Crippen LogP contribution >= 0.6 is 11.6 Å². The van der Waals surface area contributed by atoms with Gasteiger partial charge in [0.1, 0.15) is 0 Å². The van der Waals surface area contributed by atoms with E-state index in [1.54, 1.807) is 0 Å². The summed E-state index contributed by atoms with van der Waals surface area (Å²) in [6, 6.07) is 15.6. The van der Waals surface area contributed by atoms with Crippen molar-refractivity contribution in [2.24, 2.45) is 0 Å². The lowest BCUT2D eigenvalue weighted by Crippen LogP contribution is -2.48. The van der Waals surface area contributed by atoms with Gasteiger partial charge in [-0.15, -0.1) is 0 Å². The molecule has 0 bridgehead atoms. The molecular formula is C23H26ClN3O2. The van der Waals surface area contributed by atoms with Gasteiger partial charge in [-0.1, -0.05) is 35.9 Å². The molecule has 2 aliphatic heterocycles. The molecule has 6 heteroatoms. The van der Waals surface area contributed by atoms with Crippen LogP contribution in [-0.2, 0) is 17.9 Å². The Kier molecular flexibility index (Phi) is 6.16. The number of amides is 2. The molecule has 2 aromatic carbocycles. The highest BCUT2D eigenvalue weighted by Gasteiger charge is 2.23. The van der Waals surface area contributed by atoms with Crippen LogP contribution in [0.5, 0.6) is 0 Å². The Morgan fingerprint density at radius 2 is 1.66 bits per heavy atom. The average molecular weight is 412 g/mol. The predicted molar refractivity (Wildman–Crippen MR) is 114 cm³/mol. The minimum absolute atomic E-state index is 0.0798. The normalized spacial score (nSPS) is 17.8. The molecule has 0 spiro atoms. The number of hydrogen-bond acceptors (Lipinski definition) is 3. The summed E-state index contributed by atoms with van der Waals surface area (Å²) in [6.45, 7) is 5.48. The first-order chi connectivity index (χ1) is 14.1. The van der Waals surface area contributed by atoms with Crippen LogP contribution in [0.2, 0.25) is 5.02 Å². The Labute approximate surface area is 176 Å². The van der Waals surface area contributed by atoms with Crippen LogP contribution in [0.25, 0.3) is 0 Å². The molecule has 2 aromatic rings. The molecule has 0 radical (unpaired) electrons. The largest absolute Gasteiger partial charge is 0.338 e. The van der Waals surface area contributed by atoms with Gasteiger partial charge >= 0.3 is 0 Å². The zero-order valence-electron chi connectivity index (χ0n) is 16.5. The Morgan fingerprint density at radius 3 is 2.31 bits per heavy atom. The molecule has 4 rings (SSSR count). The van der Waals surface area contributed by atoms with Crippen LogP contribution < -0.4 is 0 Å². The summed E-state index contributed by atoms with van der Waals surface area (Å²) < 4.78 is 0. The molecule has 0 aromatic heterocycles. The molecule has 2 saturated heterocycles. The Hall–Kier alpha value is -2.37. The number of rotatable bonds is 5. The molecule has 0 unspecified atom stereocenters. The zero-order chi connectivity index (χ0) is 20.2. The Morgan fingerprint density at radius 1 is 0.897 bits per heavy atom. The van der Waals surface area contributed by atoms with Crippen LogP contribution in [0, 0.1) is 0 Å². The van der Waals surface area contributed by atoms with E-state index in [0.29, 0.717) is 18.5 Å². The first kappa shape index (κ1) is 19.9. The maximum absolute atomic E-state index is 12.8. The third-order valence-corrected chi connectivity index (χ3v) is 5.94. The van der Waals surface area contributed by atoms with E-state index in [1.165, 1.54) is 5.56 Å². The molecule has 0 N–H and O–H groups in total. The molecular weight excluding hydrogens is 386 g/mol. The van der Waals surface area contributed by atoms with Gasteiger partial charge in [0.15, 0.2) is 0 Å². The number of nitrogens with zero attached hydrogens (tertiary/aromatic N) is 3. The van der Waals surface area contributed by atoms with Crippen molar-refractivity contribution in [2.75, 3.05) is 32.7 Å². The van der Waals surface area contributed by atoms with Crippen molar-refractivity contribution >= 4 is 23.4 Å². The predicted octanol–water partition coefficient (Wildman–Crippen LogP) is 3.42. The van der Waals surface area contributed by atoms with Gasteiger partial charge in [0.05, 0.1) is 0 Å². The third kappa shape index (κ3) is 4.98. The monoisotopic (exact) mass is 411 g/mol. The van der Waals surface area contributed by atoms with Crippen molar-refractivity contribution in [3.05, 3.63) is 70.2 Å². The fourth-order valence-electron chi connectivity index (χ4n) is 4.03. The van der Waals surface area contributed by atoms with Crippen molar-refractivity contribution in [1.82, 2.24) is 14.7 Å². The van der Waals surface area contributed by atoms with E-state index in [9.17, 15) is 9.59 Å². The molecule has 2 aliphatic rings. The van der Waals surface area contributed by atoms with Crippen LogP contribution in [0.15, 0.2) is 48.5 Å². The number of carbonyl (C=O) groups excluding carboxylic acids is 2. The second kappa shape index (κ2) is 8.97. The minimum Gasteiger partial charge on any atom is -0.338 e.